The second-order valence-electron chi connectivity index (χ2n) is 4.29. The summed E-state index contributed by atoms with van der Waals surface area (Å²) in [6.07, 6.45) is -0.243. The fraction of sp³-hybridized carbons (Fsp3) is 0.143. The zero-order valence-corrected chi connectivity index (χ0v) is 11.4. The van der Waals surface area contributed by atoms with Crippen molar-refractivity contribution in [3.05, 3.63) is 58.1 Å². The first-order valence-corrected chi connectivity index (χ1v) is 6.58. The third kappa shape index (κ3) is 2.42. The molecule has 2 aromatic rings. The van der Waals surface area contributed by atoms with E-state index in [0.717, 1.165) is 5.56 Å². The lowest BCUT2D eigenvalue weighted by atomic mass is 10.1. The normalized spacial score (nSPS) is 17.3. The first-order chi connectivity index (χ1) is 9.13. The number of nitrogens with one attached hydrogen (secondary N) is 1. The van der Waals surface area contributed by atoms with E-state index in [1.165, 1.54) is 24.3 Å². The quantitative estimate of drug-likeness (QED) is 0.845. The first-order valence-electron chi connectivity index (χ1n) is 5.78. The molecule has 1 atom stereocenters. The van der Waals surface area contributed by atoms with E-state index in [1.54, 1.807) is 12.1 Å². The van der Waals surface area contributed by atoms with Gasteiger partial charge in [-0.3, -0.25) is 0 Å². The van der Waals surface area contributed by atoms with Crippen molar-refractivity contribution in [2.75, 3.05) is 11.9 Å². The van der Waals surface area contributed by atoms with Crippen LogP contribution in [0.5, 0.6) is 5.75 Å². The minimum Gasteiger partial charge on any atom is -0.482 e. The van der Waals surface area contributed by atoms with E-state index in [-0.39, 0.29) is 17.7 Å². The van der Waals surface area contributed by atoms with E-state index in [9.17, 15) is 8.78 Å². The molecular formula is C14H10BrF2NO. The number of benzene rings is 2. The molecule has 2 aromatic carbocycles. The lowest BCUT2D eigenvalue weighted by Crippen LogP contribution is -2.24. The van der Waals surface area contributed by atoms with Crippen LogP contribution in [-0.2, 0) is 0 Å². The maximum atomic E-state index is 13.1. The van der Waals surface area contributed by atoms with Crippen LogP contribution in [0, 0.1) is 11.6 Å². The Morgan fingerprint density at radius 2 is 1.84 bits per heavy atom. The van der Waals surface area contributed by atoms with E-state index < -0.39 is 0 Å². The Morgan fingerprint density at radius 3 is 2.63 bits per heavy atom. The second kappa shape index (κ2) is 4.81. The molecule has 1 heterocycles. The minimum absolute atomic E-state index is 0.243. The fourth-order valence-electron chi connectivity index (χ4n) is 2.08. The number of rotatable bonds is 1. The summed E-state index contributed by atoms with van der Waals surface area (Å²) in [4.78, 5) is 0. The van der Waals surface area contributed by atoms with Crippen molar-refractivity contribution >= 4 is 21.6 Å². The van der Waals surface area contributed by atoms with Crippen LogP contribution in [0.2, 0.25) is 0 Å². The van der Waals surface area contributed by atoms with E-state index in [2.05, 4.69) is 21.2 Å². The van der Waals surface area contributed by atoms with Gasteiger partial charge >= 0.3 is 0 Å². The molecule has 1 aliphatic heterocycles. The molecule has 0 bridgehead atoms. The van der Waals surface area contributed by atoms with Crippen LogP contribution in [0.15, 0.2) is 40.9 Å². The summed E-state index contributed by atoms with van der Waals surface area (Å²) < 4.78 is 32.6. The topological polar surface area (TPSA) is 21.3 Å². The highest BCUT2D eigenvalue weighted by Gasteiger charge is 2.23. The van der Waals surface area contributed by atoms with Gasteiger partial charge in [0.1, 0.15) is 23.5 Å². The highest BCUT2D eigenvalue weighted by atomic mass is 79.9. The maximum absolute atomic E-state index is 13.1. The van der Waals surface area contributed by atoms with Gasteiger partial charge in [-0.1, -0.05) is 22.0 Å². The number of hydrogen-bond donors (Lipinski definition) is 1. The molecule has 0 spiro atoms. The Labute approximate surface area is 117 Å². The number of anilines is 1. The van der Waals surface area contributed by atoms with Crippen LogP contribution in [0.3, 0.4) is 0 Å². The Hall–Kier alpha value is -1.62. The first kappa shape index (κ1) is 12.4. The van der Waals surface area contributed by atoms with Crippen LogP contribution in [0.1, 0.15) is 11.7 Å². The monoisotopic (exact) mass is 325 g/mol. The average molecular weight is 326 g/mol. The number of hydrogen-bond acceptors (Lipinski definition) is 2. The van der Waals surface area contributed by atoms with Crippen molar-refractivity contribution in [3.63, 3.8) is 0 Å². The summed E-state index contributed by atoms with van der Waals surface area (Å²) in [5.41, 5.74) is 1.48. The molecule has 98 valence electrons. The highest BCUT2D eigenvalue weighted by Crippen LogP contribution is 2.36. The van der Waals surface area contributed by atoms with Gasteiger partial charge in [0.25, 0.3) is 0 Å². The Kier molecular flexibility index (Phi) is 3.14. The summed E-state index contributed by atoms with van der Waals surface area (Å²) in [6.45, 7) is 0.501. The van der Waals surface area contributed by atoms with E-state index in [4.69, 9.17) is 4.74 Å². The predicted octanol–water partition coefficient (Wildman–Crippen LogP) is 4.27. The zero-order valence-electron chi connectivity index (χ0n) is 9.79. The molecule has 19 heavy (non-hydrogen) atoms. The molecule has 0 aliphatic carbocycles. The molecule has 0 saturated heterocycles. The van der Waals surface area contributed by atoms with Gasteiger partial charge in [0.2, 0.25) is 0 Å². The van der Waals surface area contributed by atoms with Crippen LogP contribution in [0.4, 0.5) is 14.5 Å². The summed E-state index contributed by atoms with van der Waals surface area (Å²) in [5.74, 6) is -0.0213. The third-order valence-corrected chi connectivity index (χ3v) is 3.68. The molecule has 0 aromatic heterocycles. The van der Waals surface area contributed by atoms with Crippen molar-refractivity contribution in [2.24, 2.45) is 0 Å². The second-order valence-corrected chi connectivity index (χ2v) is 5.15. The molecule has 0 radical (unpaired) electrons. The smallest absolute Gasteiger partial charge is 0.143 e. The summed E-state index contributed by atoms with van der Waals surface area (Å²) >= 11 is 3.33. The Morgan fingerprint density at radius 1 is 1.11 bits per heavy atom. The maximum Gasteiger partial charge on any atom is 0.143 e. The van der Waals surface area contributed by atoms with Crippen LogP contribution < -0.4 is 10.1 Å². The van der Waals surface area contributed by atoms with E-state index in [0.29, 0.717) is 22.5 Å². The SMILES string of the molecule is Fc1ccc(C2CNc3cc(F)ccc3O2)c(Br)c1. The van der Waals surface area contributed by atoms with Crippen molar-refractivity contribution in [2.45, 2.75) is 6.10 Å². The zero-order chi connectivity index (χ0) is 13.4. The molecule has 5 heteroatoms. The Bertz CT molecular complexity index is 633. The molecule has 0 amide bonds. The van der Waals surface area contributed by atoms with Gasteiger partial charge in [0, 0.05) is 16.1 Å². The summed E-state index contributed by atoms with van der Waals surface area (Å²) in [7, 11) is 0. The molecule has 0 fully saturated rings. The van der Waals surface area contributed by atoms with Gasteiger partial charge in [-0.05, 0) is 24.3 Å². The molecule has 1 aliphatic rings. The van der Waals surface area contributed by atoms with Gasteiger partial charge in [0.15, 0.2) is 0 Å². The number of ether oxygens (including phenoxy) is 1. The third-order valence-electron chi connectivity index (χ3n) is 3.00. The van der Waals surface area contributed by atoms with Crippen LogP contribution in [-0.4, -0.2) is 6.54 Å². The molecule has 3 rings (SSSR count). The number of halogens is 3. The predicted molar refractivity (Wildman–Crippen MR) is 72.4 cm³/mol. The van der Waals surface area contributed by atoms with Gasteiger partial charge in [-0.25, -0.2) is 8.78 Å². The Balaban J connectivity index is 1.91. The van der Waals surface area contributed by atoms with Crippen molar-refractivity contribution in [3.8, 4) is 5.75 Å². The lowest BCUT2D eigenvalue weighted by Gasteiger charge is -2.28. The molecule has 1 N–H and O–H groups in total. The highest BCUT2D eigenvalue weighted by molar-refractivity contribution is 9.10. The van der Waals surface area contributed by atoms with E-state index in [1.807, 2.05) is 0 Å². The molecule has 0 saturated carbocycles. The van der Waals surface area contributed by atoms with Gasteiger partial charge in [-0.15, -0.1) is 0 Å². The van der Waals surface area contributed by atoms with Crippen LogP contribution >= 0.6 is 15.9 Å². The van der Waals surface area contributed by atoms with E-state index >= 15 is 0 Å². The molecule has 1 unspecified atom stereocenters. The summed E-state index contributed by atoms with van der Waals surface area (Å²) in [5, 5.41) is 3.11. The van der Waals surface area contributed by atoms with Gasteiger partial charge in [0.05, 0.1) is 12.2 Å². The van der Waals surface area contributed by atoms with Crippen molar-refractivity contribution in [1.29, 1.82) is 0 Å². The van der Waals surface area contributed by atoms with Crippen molar-refractivity contribution < 1.29 is 13.5 Å². The van der Waals surface area contributed by atoms with Gasteiger partial charge in [-0.2, -0.15) is 0 Å². The van der Waals surface area contributed by atoms with Crippen molar-refractivity contribution in [1.82, 2.24) is 0 Å². The molecular weight excluding hydrogens is 316 g/mol. The largest absolute Gasteiger partial charge is 0.482 e. The van der Waals surface area contributed by atoms with Gasteiger partial charge < -0.3 is 10.1 Å². The number of fused-ring (bicyclic) bond motifs is 1. The minimum atomic E-state index is -0.309. The standard InChI is InChI=1S/C14H10BrF2NO/c15-11-5-8(16)1-3-10(11)14-7-18-12-6-9(17)2-4-13(12)19-14/h1-6,14,18H,7H2. The summed E-state index contributed by atoms with van der Waals surface area (Å²) in [6, 6.07) is 8.80. The van der Waals surface area contributed by atoms with Crippen LogP contribution in [0.25, 0.3) is 0 Å². The fourth-order valence-corrected chi connectivity index (χ4v) is 2.68. The average Bonchev–Trinajstić information content (AvgIpc) is 2.38. The lowest BCUT2D eigenvalue weighted by molar-refractivity contribution is 0.209. The molecule has 2 nitrogen and oxygen atoms in total.